The molecule has 0 bridgehead atoms. The van der Waals surface area contributed by atoms with E-state index in [-0.39, 0.29) is 12.0 Å². The lowest BCUT2D eigenvalue weighted by atomic mass is 10.1. The van der Waals surface area contributed by atoms with Crippen LogP contribution in [0.2, 0.25) is 0 Å². The van der Waals surface area contributed by atoms with Crippen molar-refractivity contribution in [2.75, 3.05) is 6.61 Å². The summed E-state index contributed by atoms with van der Waals surface area (Å²) in [6.07, 6.45) is 0.634. The van der Waals surface area contributed by atoms with Gasteiger partial charge in [-0.05, 0) is 20.3 Å². The SMILES string of the molecule is CCOC(C)CC(C)C(=O)O. The standard InChI is InChI=1S/C8H16O3/c1-4-11-7(3)5-6(2)8(9)10/h6-7H,4-5H2,1-3H3,(H,9,10). The minimum atomic E-state index is -0.753. The molecule has 0 aromatic carbocycles. The average molecular weight is 160 g/mol. The van der Waals surface area contributed by atoms with Crippen LogP contribution >= 0.6 is 0 Å². The van der Waals surface area contributed by atoms with Crippen molar-refractivity contribution in [1.29, 1.82) is 0 Å². The Morgan fingerprint density at radius 1 is 1.55 bits per heavy atom. The molecule has 0 aliphatic rings. The van der Waals surface area contributed by atoms with Gasteiger partial charge in [0.1, 0.15) is 0 Å². The molecule has 3 nitrogen and oxygen atoms in total. The molecule has 0 aliphatic carbocycles. The zero-order chi connectivity index (χ0) is 8.85. The van der Waals surface area contributed by atoms with Gasteiger partial charge in [0.25, 0.3) is 0 Å². The summed E-state index contributed by atoms with van der Waals surface area (Å²) in [4.78, 5) is 10.4. The molecule has 2 atom stereocenters. The largest absolute Gasteiger partial charge is 0.481 e. The quantitative estimate of drug-likeness (QED) is 0.663. The van der Waals surface area contributed by atoms with Gasteiger partial charge in [0, 0.05) is 6.61 Å². The van der Waals surface area contributed by atoms with E-state index in [1.165, 1.54) is 0 Å². The van der Waals surface area contributed by atoms with Crippen molar-refractivity contribution >= 4 is 5.97 Å². The van der Waals surface area contributed by atoms with Crippen LogP contribution < -0.4 is 0 Å². The molecule has 0 spiro atoms. The van der Waals surface area contributed by atoms with E-state index in [2.05, 4.69) is 0 Å². The van der Waals surface area contributed by atoms with Gasteiger partial charge in [-0.1, -0.05) is 6.92 Å². The van der Waals surface area contributed by atoms with Gasteiger partial charge in [0.05, 0.1) is 12.0 Å². The van der Waals surface area contributed by atoms with E-state index in [0.29, 0.717) is 13.0 Å². The maximum absolute atomic E-state index is 10.4. The topological polar surface area (TPSA) is 46.5 Å². The molecular formula is C8H16O3. The van der Waals surface area contributed by atoms with Gasteiger partial charge in [0.15, 0.2) is 0 Å². The Hall–Kier alpha value is -0.570. The molecule has 0 radical (unpaired) electrons. The van der Waals surface area contributed by atoms with Crippen molar-refractivity contribution in [3.63, 3.8) is 0 Å². The Balaban J connectivity index is 3.56. The lowest BCUT2D eigenvalue weighted by molar-refractivity contribution is -0.142. The van der Waals surface area contributed by atoms with Gasteiger partial charge in [-0.2, -0.15) is 0 Å². The van der Waals surface area contributed by atoms with Gasteiger partial charge < -0.3 is 9.84 Å². The highest BCUT2D eigenvalue weighted by atomic mass is 16.5. The number of hydrogen-bond acceptors (Lipinski definition) is 2. The molecule has 0 saturated carbocycles. The van der Waals surface area contributed by atoms with E-state index in [1.807, 2.05) is 13.8 Å². The molecule has 0 rings (SSSR count). The minimum Gasteiger partial charge on any atom is -0.481 e. The number of ether oxygens (including phenoxy) is 1. The molecule has 0 fully saturated rings. The van der Waals surface area contributed by atoms with E-state index in [0.717, 1.165) is 0 Å². The van der Waals surface area contributed by atoms with E-state index in [4.69, 9.17) is 9.84 Å². The molecule has 0 saturated heterocycles. The maximum Gasteiger partial charge on any atom is 0.306 e. The third kappa shape index (κ3) is 4.79. The van der Waals surface area contributed by atoms with Crippen molar-refractivity contribution in [1.82, 2.24) is 0 Å². The zero-order valence-corrected chi connectivity index (χ0v) is 7.33. The van der Waals surface area contributed by atoms with E-state index >= 15 is 0 Å². The molecular weight excluding hydrogens is 144 g/mol. The van der Waals surface area contributed by atoms with Gasteiger partial charge in [-0.25, -0.2) is 0 Å². The van der Waals surface area contributed by atoms with E-state index < -0.39 is 5.97 Å². The van der Waals surface area contributed by atoms with Gasteiger partial charge in [-0.15, -0.1) is 0 Å². The second-order valence-electron chi connectivity index (χ2n) is 2.74. The Morgan fingerprint density at radius 2 is 2.09 bits per heavy atom. The summed E-state index contributed by atoms with van der Waals surface area (Å²) < 4.78 is 5.20. The van der Waals surface area contributed by atoms with Gasteiger partial charge in [0.2, 0.25) is 0 Å². The average Bonchev–Trinajstić information content (AvgIpc) is 1.87. The van der Waals surface area contributed by atoms with Crippen molar-refractivity contribution in [2.24, 2.45) is 5.92 Å². The van der Waals surface area contributed by atoms with Crippen LogP contribution in [-0.2, 0) is 9.53 Å². The summed E-state index contributed by atoms with van der Waals surface area (Å²) in [5.74, 6) is -1.06. The summed E-state index contributed by atoms with van der Waals surface area (Å²) in [5, 5.41) is 8.54. The normalized spacial score (nSPS) is 15.9. The number of aliphatic carboxylic acids is 1. The number of hydrogen-bond donors (Lipinski definition) is 1. The number of carbonyl (C=O) groups is 1. The van der Waals surface area contributed by atoms with E-state index in [9.17, 15) is 4.79 Å². The summed E-state index contributed by atoms with van der Waals surface area (Å²) in [6, 6.07) is 0. The predicted molar refractivity (Wildman–Crippen MR) is 42.5 cm³/mol. The van der Waals surface area contributed by atoms with Crippen LogP contribution in [0.4, 0.5) is 0 Å². The Bertz CT molecular complexity index is 123. The first-order valence-corrected chi connectivity index (χ1v) is 3.92. The van der Waals surface area contributed by atoms with E-state index in [1.54, 1.807) is 6.92 Å². The molecule has 2 unspecified atom stereocenters. The maximum atomic E-state index is 10.4. The number of carboxylic acids is 1. The fourth-order valence-corrected chi connectivity index (χ4v) is 0.951. The zero-order valence-electron chi connectivity index (χ0n) is 7.33. The highest BCUT2D eigenvalue weighted by Crippen LogP contribution is 2.08. The second kappa shape index (κ2) is 5.13. The van der Waals surface area contributed by atoms with Gasteiger partial charge in [-0.3, -0.25) is 4.79 Å². The first-order chi connectivity index (χ1) is 5.07. The third-order valence-electron chi connectivity index (χ3n) is 1.56. The monoisotopic (exact) mass is 160 g/mol. The van der Waals surface area contributed by atoms with Crippen LogP contribution in [0.1, 0.15) is 27.2 Å². The van der Waals surface area contributed by atoms with Crippen LogP contribution in [0.5, 0.6) is 0 Å². The second-order valence-corrected chi connectivity index (χ2v) is 2.74. The van der Waals surface area contributed by atoms with Crippen molar-refractivity contribution in [3.8, 4) is 0 Å². The van der Waals surface area contributed by atoms with Crippen LogP contribution in [0, 0.1) is 5.92 Å². The fraction of sp³-hybridized carbons (Fsp3) is 0.875. The lowest BCUT2D eigenvalue weighted by Crippen LogP contribution is -2.18. The predicted octanol–water partition coefficient (Wildman–Crippen LogP) is 1.52. The van der Waals surface area contributed by atoms with Crippen molar-refractivity contribution in [2.45, 2.75) is 33.3 Å². The molecule has 1 N–H and O–H groups in total. The van der Waals surface area contributed by atoms with Crippen LogP contribution in [-0.4, -0.2) is 23.8 Å². The third-order valence-corrected chi connectivity index (χ3v) is 1.56. The van der Waals surface area contributed by atoms with Crippen LogP contribution in [0.25, 0.3) is 0 Å². The summed E-state index contributed by atoms with van der Waals surface area (Å²) in [5.41, 5.74) is 0. The molecule has 66 valence electrons. The number of carboxylic acid groups (broad SMARTS) is 1. The molecule has 0 amide bonds. The summed E-state index contributed by atoms with van der Waals surface area (Å²) in [7, 11) is 0. The first-order valence-electron chi connectivity index (χ1n) is 3.92. The Kier molecular flexibility index (Phi) is 4.86. The lowest BCUT2D eigenvalue weighted by Gasteiger charge is -2.13. The van der Waals surface area contributed by atoms with Crippen molar-refractivity contribution in [3.05, 3.63) is 0 Å². The fourth-order valence-electron chi connectivity index (χ4n) is 0.951. The molecule has 0 aromatic heterocycles. The van der Waals surface area contributed by atoms with Crippen molar-refractivity contribution < 1.29 is 14.6 Å². The highest BCUT2D eigenvalue weighted by molar-refractivity contribution is 5.69. The highest BCUT2D eigenvalue weighted by Gasteiger charge is 2.14. The summed E-state index contributed by atoms with van der Waals surface area (Å²) in [6.45, 7) is 6.14. The van der Waals surface area contributed by atoms with Gasteiger partial charge >= 0.3 is 5.97 Å². The molecule has 0 heterocycles. The first kappa shape index (κ1) is 10.4. The molecule has 11 heavy (non-hydrogen) atoms. The van der Waals surface area contributed by atoms with Crippen LogP contribution in [0.3, 0.4) is 0 Å². The Labute approximate surface area is 67.4 Å². The number of rotatable bonds is 5. The summed E-state index contributed by atoms with van der Waals surface area (Å²) >= 11 is 0. The molecule has 0 aliphatic heterocycles. The molecule has 0 aromatic rings. The van der Waals surface area contributed by atoms with Crippen LogP contribution in [0.15, 0.2) is 0 Å². The minimum absolute atomic E-state index is 0.0473. The smallest absolute Gasteiger partial charge is 0.306 e. The molecule has 3 heteroatoms. The Morgan fingerprint density at radius 3 is 2.45 bits per heavy atom.